The maximum Gasteiger partial charge on any atom is 0.223 e. The molecule has 0 saturated heterocycles. The number of fused-ring (bicyclic) bond motifs is 1. The van der Waals surface area contributed by atoms with E-state index in [0.717, 1.165) is 15.9 Å². The number of hydrogen-bond acceptors (Lipinski definition) is 5. The summed E-state index contributed by atoms with van der Waals surface area (Å²) in [4.78, 5) is 9.22. The van der Waals surface area contributed by atoms with Gasteiger partial charge in [0.2, 0.25) is 5.95 Å². The van der Waals surface area contributed by atoms with Gasteiger partial charge in [-0.15, -0.1) is 11.3 Å². The molecular weight excluding hydrogens is 258 g/mol. The van der Waals surface area contributed by atoms with Gasteiger partial charge in [-0.2, -0.15) is 10.1 Å². The molecule has 0 spiro atoms. The zero-order chi connectivity index (χ0) is 12.0. The predicted octanol–water partition coefficient (Wildman–Crippen LogP) is 2.42. The molecule has 0 saturated carbocycles. The average molecular weight is 266 g/mol. The summed E-state index contributed by atoms with van der Waals surface area (Å²) < 4.78 is 1.63. The minimum Gasteiger partial charge on any atom is -0.368 e. The SMILES string of the molecule is Cc1nn(-c2nc(N)nc3sccc23)cc1Cl. The van der Waals surface area contributed by atoms with Crippen molar-refractivity contribution in [1.29, 1.82) is 0 Å². The highest BCUT2D eigenvalue weighted by Gasteiger charge is 2.11. The molecule has 0 unspecified atom stereocenters. The first-order valence-electron chi connectivity index (χ1n) is 4.88. The quantitative estimate of drug-likeness (QED) is 0.734. The van der Waals surface area contributed by atoms with E-state index in [-0.39, 0.29) is 5.95 Å². The van der Waals surface area contributed by atoms with Crippen molar-refractivity contribution in [3.05, 3.63) is 28.4 Å². The van der Waals surface area contributed by atoms with Crippen LogP contribution in [0.2, 0.25) is 5.02 Å². The van der Waals surface area contributed by atoms with Crippen LogP contribution < -0.4 is 5.73 Å². The highest BCUT2D eigenvalue weighted by Crippen LogP contribution is 2.25. The molecule has 3 aromatic rings. The van der Waals surface area contributed by atoms with E-state index in [0.29, 0.717) is 10.8 Å². The molecule has 0 fully saturated rings. The van der Waals surface area contributed by atoms with Gasteiger partial charge in [0.15, 0.2) is 5.82 Å². The minimum atomic E-state index is 0.235. The van der Waals surface area contributed by atoms with E-state index in [1.54, 1.807) is 10.9 Å². The van der Waals surface area contributed by atoms with E-state index in [1.807, 2.05) is 18.4 Å². The fourth-order valence-electron chi connectivity index (χ4n) is 1.58. The molecule has 7 heteroatoms. The number of hydrogen-bond donors (Lipinski definition) is 1. The first kappa shape index (κ1) is 10.5. The van der Waals surface area contributed by atoms with E-state index in [4.69, 9.17) is 17.3 Å². The molecule has 0 aliphatic rings. The van der Waals surface area contributed by atoms with Crippen molar-refractivity contribution in [3.8, 4) is 5.82 Å². The van der Waals surface area contributed by atoms with Crippen molar-refractivity contribution >= 4 is 39.1 Å². The Hall–Kier alpha value is -1.66. The second kappa shape index (κ2) is 3.68. The molecule has 0 amide bonds. The molecule has 86 valence electrons. The fourth-order valence-corrected chi connectivity index (χ4v) is 2.47. The van der Waals surface area contributed by atoms with E-state index in [2.05, 4.69) is 15.1 Å². The van der Waals surface area contributed by atoms with E-state index in [1.165, 1.54) is 11.3 Å². The van der Waals surface area contributed by atoms with Crippen molar-refractivity contribution in [3.63, 3.8) is 0 Å². The van der Waals surface area contributed by atoms with Crippen LogP contribution in [0, 0.1) is 6.92 Å². The molecule has 0 aliphatic carbocycles. The molecule has 17 heavy (non-hydrogen) atoms. The van der Waals surface area contributed by atoms with Gasteiger partial charge < -0.3 is 5.73 Å². The van der Waals surface area contributed by atoms with Gasteiger partial charge in [0, 0.05) is 0 Å². The van der Waals surface area contributed by atoms with Gasteiger partial charge in [-0.1, -0.05) is 11.6 Å². The zero-order valence-electron chi connectivity index (χ0n) is 8.88. The Morgan fingerprint density at radius 3 is 2.94 bits per heavy atom. The largest absolute Gasteiger partial charge is 0.368 e. The van der Waals surface area contributed by atoms with Crippen LogP contribution in [0.5, 0.6) is 0 Å². The smallest absolute Gasteiger partial charge is 0.223 e. The van der Waals surface area contributed by atoms with Crippen LogP contribution in [0.1, 0.15) is 5.69 Å². The van der Waals surface area contributed by atoms with Crippen LogP contribution in [-0.2, 0) is 0 Å². The number of anilines is 1. The number of halogens is 1. The highest BCUT2D eigenvalue weighted by molar-refractivity contribution is 7.16. The lowest BCUT2D eigenvalue weighted by Gasteiger charge is -2.02. The molecule has 5 nitrogen and oxygen atoms in total. The monoisotopic (exact) mass is 265 g/mol. The Labute approximate surface area is 106 Å². The summed E-state index contributed by atoms with van der Waals surface area (Å²) in [5.74, 6) is 0.892. The molecule has 0 radical (unpaired) electrons. The summed E-state index contributed by atoms with van der Waals surface area (Å²) in [5.41, 5.74) is 6.43. The molecule has 0 aromatic carbocycles. The van der Waals surface area contributed by atoms with Crippen molar-refractivity contribution in [2.24, 2.45) is 0 Å². The van der Waals surface area contributed by atoms with Crippen LogP contribution >= 0.6 is 22.9 Å². The van der Waals surface area contributed by atoms with Gasteiger partial charge >= 0.3 is 0 Å². The predicted molar refractivity (Wildman–Crippen MR) is 68.7 cm³/mol. The van der Waals surface area contributed by atoms with Crippen molar-refractivity contribution in [2.75, 3.05) is 5.73 Å². The summed E-state index contributed by atoms with van der Waals surface area (Å²) in [6, 6.07) is 1.94. The van der Waals surface area contributed by atoms with Crippen LogP contribution in [0.4, 0.5) is 5.95 Å². The first-order valence-corrected chi connectivity index (χ1v) is 6.14. The van der Waals surface area contributed by atoms with E-state index >= 15 is 0 Å². The third-order valence-electron chi connectivity index (χ3n) is 2.38. The topological polar surface area (TPSA) is 69.6 Å². The minimum absolute atomic E-state index is 0.235. The van der Waals surface area contributed by atoms with Crippen LogP contribution in [0.25, 0.3) is 16.0 Å². The molecule has 3 heterocycles. The fraction of sp³-hybridized carbons (Fsp3) is 0.100. The average Bonchev–Trinajstić information content (AvgIpc) is 2.85. The number of thiophene rings is 1. The summed E-state index contributed by atoms with van der Waals surface area (Å²) in [7, 11) is 0. The lowest BCUT2D eigenvalue weighted by Crippen LogP contribution is -2.03. The molecular formula is C10H8ClN5S. The third-order valence-corrected chi connectivity index (χ3v) is 3.56. The first-order chi connectivity index (χ1) is 8.15. The van der Waals surface area contributed by atoms with Gasteiger partial charge in [0.1, 0.15) is 4.83 Å². The Kier molecular flexibility index (Phi) is 2.27. The van der Waals surface area contributed by atoms with Crippen molar-refractivity contribution < 1.29 is 0 Å². The van der Waals surface area contributed by atoms with Crippen molar-refractivity contribution in [2.45, 2.75) is 6.92 Å². The van der Waals surface area contributed by atoms with E-state index in [9.17, 15) is 0 Å². The Balaban J connectivity index is 2.32. The van der Waals surface area contributed by atoms with Gasteiger partial charge in [-0.25, -0.2) is 9.67 Å². The van der Waals surface area contributed by atoms with Gasteiger partial charge in [-0.3, -0.25) is 0 Å². The third kappa shape index (κ3) is 1.65. The summed E-state index contributed by atoms with van der Waals surface area (Å²) >= 11 is 7.50. The standard InChI is InChI=1S/C10H8ClN5S/c1-5-7(11)4-16(15-5)8-6-2-3-17-9(6)14-10(12)13-8/h2-4H,1H3,(H2,12,13,14). The van der Waals surface area contributed by atoms with Crippen LogP contribution in [0.3, 0.4) is 0 Å². The van der Waals surface area contributed by atoms with Gasteiger partial charge in [0.25, 0.3) is 0 Å². The molecule has 0 bridgehead atoms. The molecule has 3 rings (SSSR count). The Morgan fingerprint density at radius 2 is 2.24 bits per heavy atom. The second-order valence-electron chi connectivity index (χ2n) is 3.55. The van der Waals surface area contributed by atoms with Crippen LogP contribution in [-0.4, -0.2) is 19.7 Å². The number of nitrogen functional groups attached to an aromatic ring is 1. The summed E-state index contributed by atoms with van der Waals surface area (Å²) in [6.45, 7) is 1.84. The molecule has 3 aromatic heterocycles. The zero-order valence-corrected chi connectivity index (χ0v) is 10.5. The molecule has 2 N–H and O–H groups in total. The lowest BCUT2D eigenvalue weighted by molar-refractivity contribution is 0.839. The van der Waals surface area contributed by atoms with Gasteiger partial charge in [0.05, 0.1) is 22.3 Å². The highest BCUT2D eigenvalue weighted by atomic mass is 35.5. The Morgan fingerprint density at radius 1 is 1.41 bits per heavy atom. The number of nitrogens with zero attached hydrogens (tertiary/aromatic N) is 4. The normalized spacial score (nSPS) is 11.2. The van der Waals surface area contributed by atoms with Gasteiger partial charge in [-0.05, 0) is 18.4 Å². The maximum atomic E-state index is 5.99. The van der Waals surface area contributed by atoms with Crippen molar-refractivity contribution in [1.82, 2.24) is 19.7 Å². The maximum absolute atomic E-state index is 5.99. The number of aryl methyl sites for hydroxylation is 1. The summed E-state index contributed by atoms with van der Waals surface area (Å²) in [6.07, 6.45) is 1.72. The summed E-state index contributed by atoms with van der Waals surface area (Å²) in [5, 5.41) is 7.76. The number of nitrogens with two attached hydrogens (primary N) is 1. The Bertz CT molecular complexity index is 682. The second-order valence-corrected chi connectivity index (χ2v) is 4.85. The van der Waals surface area contributed by atoms with E-state index < -0.39 is 0 Å². The number of rotatable bonds is 1. The molecule has 0 atom stereocenters. The number of aromatic nitrogens is 4. The van der Waals surface area contributed by atoms with Crippen LogP contribution in [0.15, 0.2) is 17.6 Å². The lowest BCUT2D eigenvalue weighted by atomic mass is 10.4. The molecule has 0 aliphatic heterocycles.